The van der Waals surface area contributed by atoms with E-state index in [4.69, 9.17) is 21.1 Å². The van der Waals surface area contributed by atoms with Crippen LogP contribution in [0, 0.1) is 0 Å². The standard InChI is InChI=1S/C22H24ClN3O6S3/c1-3-32-19(27)13-25-15-8-7-14(31-2)12-17(15)33-22(25)24-21(28)16-6-4-5-11-26(16)35(29,30)20-10-9-18(23)34-20/h7-10,12,16H,3-6,11,13H2,1-2H3. The molecule has 4 rings (SSSR count). The van der Waals surface area contributed by atoms with Gasteiger partial charge in [-0.15, -0.1) is 11.3 Å². The second-order valence-electron chi connectivity index (χ2n) is 7.75. The van der Waals surface area contributed by atoms with Crippen molar-refractivity contribution in [3.05, 3.63) is 39.5 Å². The zero-order valence-electron chi connectivity index (χ0n) is 19.1. The maximum Gasteiger partial charge on any atom is 0.326 e. The fourth-order valence-electron chi connectivity index (χ4n) is 3.91. The van der Waals surface area contributed by atoms with E-state index < -0.39 is 27.9 Å². The molecular weight excluding hydrogens is 534 g/mol. The second kappa shape index (κ2) is 10.8. The van der Waals surface area contributed by atoms with Gasteiger partial charge in [0, 0.05) is 6.54 Å². The van der Waals surface area contributed by atoms with E-state index in [-0.39, 0.29) is 28.7 Å². The van der Waals surface area contributed by atoms with Gasteiger partial charge in [0.2, 0.25) is 0 Å². The highest BCUT2D eigenvalue weighted by Crippen LogP contribution is 2.32. The number of aromatic nitrogens is 1. The Labute approximate surface area is 215 Å². The van der Waals surface area contributed by atoms with Gasteiger partial charge in [-0.2, -0.15) is 9.30 Å². The van der Waals surface area contributed by atoms with Gasteiger partial charge < -0.3 is 14.0 Å². The summed E-state index contributed by atoms with van der Waals surface area (Å²) in [5.74, 6) is -0.417. The molecule has 9 nitrogen and oxygen atoms in total. The number of rotatable bonds is 7. The van der Waals surface area contributed by atoms with Crippen molar-refractivity contribution in [1.82, 2.24) is 8.87 Å². The average molecular weight is 558 g/mol. The smallest absolute Gasteiger partial charge is 0.326 e. The van der Waals surface area contributed by atoms with Crippen LogP contribution in [-0.2, 0) is 30.9 Å². The number of carbonyl (C=O) groups is 2. The Kier molecular flexibility index (Phi) is 7.96. The monoisotopic (exact) mass is 557 g/mol. The van der Waals surface area contributed by atoms with Crippen LogP contribution in [0.1, 0.15) is 26.2 Å². The maximum absolute atomic E-state index is 13.4. The lowest BCUT2D eigenvalue weighted by molar-refractivity contribution is -0.143. The highest BCUT2D eigenvalue weighted by molar-refractivity contribution is 7.91. The van der Waals surface area contributed by atoms with Crippen molar-refractivity contribution in [2.24, 2.45) is 4.99 Å². The molecule has 35 heavy (non-hydrogen) atoms. The van der Waals surface area contributed by atoms with Crippen LogP contribution in [0.25, 0.3) is 10.2 Å². The van der Waals surface area contributed by atoms with Gasteiger partial charge in [-0.3, -0.25) is 9.59 Å². The molecule has 0 spiro atoms. The van der Waals surface area contributed by atoms with Gasteiger partial charge >= 0.3 is 5.97 Å². The van der Waals surface area contributed by atoms with E-state index in [0.29, 0.717) is 34.9 Å². The Morgan fingerprint density at radius 2 is 2.00 bits per heavy atom. The fourth-order valence-corrected chi connectivity index (χ4v) is 8.24. The van der Waals surface area contributed by atoms with E-state index >= 15 is 0 Å². The van der Waals surface area contributed by atoms with E-state index in [1.54, 1.807) is 36.8 Å². The number of thiophene rings is 1. The minimum absolute atomic E-state index is 0.0912. The number of carbonyl (C=O) groups excluding carboxylic acids is 2. The predicted octanol–water partition coefficient (Wildman–Crippen LogP) is 3.66. The van der Waals surface area contributed by atoms with Crippen molar-refractivity contribution in [1.29, 1.82) is 0 Å². The normalized spacial score (nSPS) is 17.6. The summed E-state index contributed by atoms with van der Waals surface area (Å²) in [5, 5.41) is 0. The molecule has 0 aliphatic carbocycles. The molecule has 1 amide bonds. The summed E-state index contributed by atoms with van der Waals surface area (Å²) in [5.41, 5.74) is 0.691. The van der Waals surface area contributed by atoms with Crippen molar-refractivity contribution < 1.29 is 27.5 Å². The van der Waals surface area contributed by atoms with Crippen LogP contribution in [0.15, 0.2) is 39.5 Å². The minimum Gasteiger partial charge on any atom is -0.497 e. The number of benzene rings is 1. The summed E-state index contributed by atoms with van der Waals surface area (Å²) in [6, 6.07) is 7.36. The summed E-state index contributed by atoms with van der Waals surface area (Å²) < 4.78 is 41.0. The number of sulfonamides is 1. The third-order valence-corrected chi connectivity index (χ3v) is 10.2. The largest absolute Gasteiger partial charge is 0.497 e. The number of piperidine rings is 1. The van der Waals surface area contributed by atoms with Crippen LogP contribution in [0.4, 0.5) is 0 Å². The Morgan fingerprint density at radius 1 is 1.20 bits per heavy atom. The molecule has 1 aromatic carbocycles. The number of amides is 1. The lowest BCUT2D eigenvalue weighted by Gasteiger charge is -2.31. The van der Waals surface area contributed by atoms with Crippen LogP contribution >= 0.6 is 34.3 Å². The van der Waals surface area contributed by atoms with E-state index in [1.165, 1.54) is 27.8 Å². The lowest BCUT2D eigenvalue weighted by atomic mass is 10.0. The molecule has 1 saturated heterocycles. The molecular formula is C22H24ClN3O6S3. The third-order valence-electron chi connectivity index (χ3n) is 5.54. The van der Waals surface area contributed by atoms with Gasteiger partial charge in [0.1, 0.15) is 22.5 Å². The SMILES string of the molecule is CCOC(=O)Cn1c(=NC(=O)C2CCCCN2S(=O)(=O)c2ccc(Cl)s2)sc2cc(OC)ccc21. The maximum atomic E-state index is 13.4. The van der Waals surface area contributed by atoms with Crippen LogP contribution in [0.3, 0.4) is 0 Å². The number of hydrogen-bond donors (Lipinski definition) is 0. The van der Waals surface area contributed by atoms with Gasteiger partial charge in [-0.05, 0) is 50.1 Å². The molecule has 0 bridgehead atoms. The van der Waals surface area contributed by atoms with Crippen molar-refractivity contribution in [3.8, 4) is 5.75 Å². The van der Waals surface area contributed by atoms with Crippen LogP contribution in [-0.4, -0.2) is 55.5 Å². The van der Waals surface area contributed by atoms with Gasteiger partial charge in [-0.1, -0.05) is 29.4 Å². The summed E-state index contributed by atoms with van der Waals surface area (Å²) in [4.78, 5) is 30.3. The van der Waals surface area contributed by atoms with Crippen molar-refractivity contribution in [2.45, 2.75) is 43.0 Å². The first-order chi connectivity index (χ1) is 16.7. The first-order valence-corrected chi connectivity index (χ1v) is 14.4. The zero-order valence-corrected chi connectivity index (χ0v) is 22.3. The number of thiazole rings is 1. The third kappa shape index (κ3) is 5.46. The first-order valence-electron chi connectivity index (χ1n) is 10.9. The molecule has 0 saturated carbocycles. The van der Waals surface area contributed by atoms with Gasteiger partial charge in [0.25, 0.3) is 15.9 Å². The first kappa shape index (κ1) is 25.8. The van der Waals surface area contributed by atoms with E-state index in [1.807, 2.05) is 0 Å². The molecule has 188 valence electrons. The van der Waals surface area contributed by atoms with Crippen molar-refractivity contribution >= 4 is 66.4 Å². The molecule has 3 aromatic rings. The summed E-state index contributed by atoms with van der Waals surface area (Å²) in [7, 11) is -2.35. The quantitative estimate of drug-likeness (QED) is 0.410. The molecule has 1 fully saturated rings. The second-order valence-corrected chi connectivity index (χ2v) is 12.6. The fraction of sp³-hybridized carbons (Fsp3) is 0.409. The molecule has 0 N–H and O–H groups in total. The highest BCUT2D eigenvalue weighted by atomic mass is 35.5. The Morgan fingerprint density at radius 3 is 2.69 bits per heavy atom. The number of hydrogen-bond acceptors (Lipinski definition) is 8. The Balaban J connectivity index is 1.75. The summed E-state index contributed by atoms with van der Waals surface area (Å²) in [6.45, 7) is 2.03. The summed E-state index contributed by atoms with van der Waals surface area (Å²) >= 11 is 8.13. The number of methoxy groups -OCH3 is 1. The van der Waals surface area contributed by atoms with Crippen molar-refractivity contribution in [2.75, 3.05) is 20.3 Å². The molecule has 1 atom stereocenters. The van der Waals surface area contributed by atoms with E-state index in [2.05, 4.69) is 4.99 Å². The molecule has 1 aliphatic heterocycles. The predicted molar refractivity (Wildman–Crippen MR) is 134 cm³/mol. The molecule has 0 radical (unpaired) electrons. The lowest BCUT2D eigenvalue weighted by Crippen LogP contribution is -2.47. The van der Waals surface area contributed by atoms with E-state index in [9.17, 15) is 18.0 Å². The molecule has 2 aromatic heterocycles. The van der Waals surface area contributed by atoms with Crippen LogP contribution < -0.4 is 9.54 Å². The average Bonchev–Trinajstić information content (AvgIpc) is 3.42. The minimum atomic E-state index is -3.91. The molecule has 13 heteroatoms. The molecule has 1 unspecified atom stereocenters. The number of esters is 1. The van der Waals surface area contributed by atoms with Gasteiger partial charge in [0.05, 0.1) is 28.3 Å². The van der Waals surface area contributed by atoms with Crippen LogP contribution in [0.2, 0.25) is 4.34 Å². The highest BCUT2D eigenvalue weighted by Gasteiger charge is 2.38. The molecule has 1 aliphatic rings. The molecule has 3 heterocycles. The number of halogens is 1. The number of ether oxygens (including phenoxy) is 2. The topological polar surface area (TPSA) is 107 Å². The van der Waals surface area contributed by atoms with E-state index in [0.717, 1.165) is 16.0 Å². The van der Waals surface area contributed by atoms with Crippen molar-refractivity contribution in [3.63, 3.8) is 0 Å². The van der Waals surface area contributed by atoms with Crippen LogP contribution in [0.5, 0.6) is 5.75 Å². The number of nitrogens with zero attached hydrogens (tertiary/aromatic N) is 3. The Hall–Kier alpha value is -2.25. The summed E-state index contributed by atoms with van der Waals surface area (Å²) in [6.07, 6.45) is 1.71. The number of fused-ring (bicyclic) bond motifs is 1. The van der Waals surface area contributed by atoms with Gasteiger partial charge in [0.15, 0.2) is 4.80 Å². The zero-order chi connectivity index (χ0) is 25.2. The van der Waals surface area contributed by atoms with Gasteiger partial charge in [-0.25, -0.2) is 8.42 Å². The Bertz CT molecular complexity index is 1430.